The highest BCUT2D eigenvalue weighted by Crippen LogP contribution is 2.29. The van der Waals surface area contributed by atoms with Crippen molar-refractivity contribution in [2.75, 3.05) is 5.73 Å². The van der Waals surface area contributed by atoms with Crippen LogP contribution in [0.1, 0.15) is 11.3 Å². The van der Waals surface area contributed by atoms with Gasteiger partial charge in [0, 0.05) is 22.8 Å². The van der Waals surface area contributed by atoms with Gasteiger partial charge < -0.3 is 5.73 Å². The molecule has 1 aromatic heterocycles. The number of benzene rings is 1. The third-order valence-electron chi connectivity index (χ3n) is 2.90. The van der Waals surface area contributed by atoms with Crippen LogP contribution in [-0.2, 0) is 22.6 Å². The van der Waals surface area contributed by atoms with Crippen LogP contribution in [0.25, 0.3) is 0 Å². The van der Waals surface area contributed by atoms with Crippen molar-refractivity contribution in [2.24, 2.45) is 7.05 Å². The molecule has 2 aromatic rings. The summed E-state index contributed by atoms with van der Waals surface area (Å²) in [5.41, 5.74) is 7.22. The molecule has 0 bridgehead atoms. The number of nitrogens with two attached hydrogens (primary N) is 1. The van der Waals surface area contributed by atoms with Gasteiger partial charge in [-0.2, -0.15) is 5.10 Å². The fourth-order valence-corrected chi connectivity index (χ4v) is 4.84. The number of nitrogens with zero attached hydrogens (tertiary/aromatic N) is 2. The van der Waals surface area contributed by atoms with Crippen LogP contribution in [0.15, 0.2) is 27.6 Å². The summed E-state index contributed by atoms with van der Waals surface area (Å²) in [6.45, 7) is 1.73. The highest BCUT2D eigenvalue weighted by Gasteiger charge is 2.23. The zero-order valence-electron chi connectivity index (χ0n) is 10.9. The minimum atomic E-state index is -3.53. The highest BCUT2D eigenvalue weighted by atomic mass is 79.9. The number of aryl methyl sites for hydroxylation is 2. The van der Waals surface area contributed by atoms with Crippen LogP contribution in [0.4, 0.5) is 5.69 Å². The van der Waals surface area contributed by atoms with Crippen molar-refractivity contribution in [3.8, 4) is 0 Å². The van der Waals surface area contributed by atoms with Gasteiger partial charge >= 0.3 is 0 Å². The lowest BCUT2D eigenvalue weighted by molar-refractivity contribution is 0.594. The molecule has 2 N–H and O–H groups in total. The van der Waals surface area contributed by atoms with Gasteiger partial charge in [0.2, 0.25) is 0 Å². The Hall–Kier alpha value is -1.05. The first-order chi connectivity index (χ1) is 9.22. The van der Waals surface area contributed by atoms with Gasteiger partial charge in [-0.25, -0.2) is 8.42 Å². The van der Waals surface area contributed by atoms with Crippen molar-refractivity contribution < 1.29 is 8.42 Å². The second-order valence-electron chi connectivity index (χ2n) is 4.43. The zero-order chi connectivity index (χ0) is 15.1. The van der Waals surface area contributed by atoms with E-state index in [0.29, 0.717) is 26.6 Å². The molecule has 0 aliphatic heterocycles. The molecule has 0 aliphatic carbocycles. The fraction of sp³-hybridized carbons (Fsp3) is 0.250. The number of anilines is 1. The topological polar surface area (TPSA) is 78.0 Å². The first kappa shape index (κ1) is 15.3. The van der Waals surface area contributed by atoms with Crippen LogP contribution in [0.2, 0.25) is 5.15 Å². The van der Waals surface area contributed by atoms with Gasteiger partial charge in [0.1, 0.15) is 5.15 Å². The van der Waals surface area contributed by atoms with Gasteiger partial charge in [-0.15, -0.1) is 0 Å². The van der Waals surface area contributed by atoms with E-state index < -0.39 is 9.84 Å². The van der Waals surface area contributed by atoms with Crippen LogP contribution < -0.4 is 5.73 Å². The Bertz CT molecular complexity index is 771. The van der Waals surface area contributed by atoms with Gasteiger partial charge in [0.15, 0.2) is 9.84 Å². The SMILES string of the molecule is Cc1nn(C)c(Cl)c1CS(=O)(=O)c1ccc(N)cc1Br. The van der Waals surface area contributed by atoms with Crippen LogP contribution in [0.5, 0.6) is 0 Å². The molecule has 0 saturated heterocycles. The second kappa shape index (κ2) is 5.38. The molecule has 1 aromatic carbocycles. The Morgan fingerprint density at radius 3 is 2.60 bits per heavy atom. The summed E-state index contributed by atoms with van der Waals surface area (Å²) in [7, 11) is -1.86. The lowest BCUT2D eigenvalue weighted by Crippen LogP contribution is -2.07. The summed E-state index contributed by atoms with van der Waals surface area (Å²) in [5, 5.41) is 4.44. The molecule has 5 nitrogen and oxygen atoms in total. The van der Waals surface area contributed by atoms with Crippen molar-refractivity contribution >= 4 is 43.1 Å². The largest absolute Gasteiger partial charge is 0.399 e. The minimum Gasteiger partial charge on any atom is -0.399 e. The molecule has 0 unspecified atom stereocenters. The maximum atomic E-state index is 12.5. The molecule has 0 saturated carbocycles. The van der Waals surface area contributed by atoms with Gasteiger partial charge in [-0.1, -0.05) is 11.6 Å². The summed E-state index contributed by atoms with van der Waals surface area (Å²) in [6, 6.07) is 4.59. The van der Waals surface area contributed by atoms with E-state index in [0.717, 1.165) is 0 Å². The first-order valence-electron chi connectivity index (χ1n) is 5.68. The van der Waals surface area contributed by atoms with E-state index in [1.54, 1.807) is 26.1 Å². The molecule has 1 heterocycles. The molecule has 0 aliphatic rings. The van der Waals surface area contributed by atoms with Crippen molar-refractivity contribution in [1.29, 1.82) is 0 Å². The summed E-state index contributed by atoms with van der Waals surface area (Å²) in [6.07, 6.45) is 0. The highest BCUT2D eigenvalue weighted by molar-refractivity contribution is 9.10. The normalized spacial score (nSPS) is 11.8. The van der Waals surface area contributed by atoms with E-state index in [2.05, 4.69) is 21.0 Å². The number of rotatable bonds is 3. The Labute approximate surface area is 130 Å². The molecule has 0 radical (unpaired) electrons. The molecule has 0 amide bonds. The maximum absolute atomic E-state index is 12.5. The average molecular weight is 379 g/mol. The van der Waals surface area contributed by atoms with Gasteiger partial charge in [0.05, 0.1) is 16.3 Å². The molecular formula is C12H13BrClN3O2S. The smallest absolute Gasteiger partial charge is 0.183 e. The number of aromatic nitrogens is 2. The van der Waals surface area contributed by atoms with E-state index in [1.807, 2.05) is 0 Å². The Morgan fingerprint density at radius 2 is 2.10 bits per heavy atom. The molecular weight excluding hydrogens is 366 g/mol. The van der Waals surface area contributed by atoms with Gasteiger partial charge in [-0.05, 0) is 41.1 Å². The van der Waals surface area contributed by atoms with E-state index in [4.69, 9.17) is 17.3 Å². The van der Waals surface area contributed by atoms with Crippen LogP contribution >= 0.6 is 27.5 Å². The van der Waals surface area contributed by atoms with Crippen molar-refractivity contribution in [2.45, 2.75) is 17.6 Å². The van der Waals surface area contributed by atoms with Crippen LogP contribution in [-0.4, -0.2) is 18.2 Å². The Balaban J connectivity index is 2.46. The molecule has 0 spiro atoms. The number of halogens is 2. The average Bonchev–Trinajstić information content (AvgIpc) is 2.55. The van der Waals surface area contributed by atoms with Crippen molar-refractivity contribution in [3.63, 3.8) is 0 Å². The zero-order valence-corrected chi connectivity index (χ0v) is 14.1. The van der Waals surface area contributed by atoms with Gasteiger partial charge in [0.25, 0.3) is 0 Å². The fourth-order valence-electron chi connectivity index (χ4n) is 1.87. The molecule has 0 atom stereocenters. The summed E-state index contributed by atoms with van der Waals surface area (Å²) >= 11 is 9.30. The number of hydrogen-bond acceptors (Lipinski definition) is 4. The molecule has 2 rings (SSSR count). The van der Waals surface area contributed by atoms with E-state index >= 15 is 0 Å². The molecule has 0 fully saturated rings. The number of nitrogen functional groups attached to an aromatic ring is 1. The summed E-state index contributed by atoms with van der Waals surface area (Å²) in [4.78, 5) is 0.186. The minimum absolute atomic E-state index is 0.186. The second-order valence-corrected chi connectivity index (χ2v) is 7.60. The molecule has 108 valence electrons. The standard InChI is InChI=1S/C12H13BrClN3O2S/c1-7-9(12(14)17(2)16-7)6-20(18,19)11-4-3-8(15)5-10(11)13/h3-5H,6,15H2,1-2H3. The summed E-state index contributed by atoms with van der Waals surface area (Å²) in [5.74, 6) is -0.200. The number of sulfone groups is 1. The third-order valence-corrected chi connectivity index (χ3v) is 5.98. The predicted octanol–water partition coefficient (Wildman–Crippen LogP) is 2.70. The molecule has 8 heteroatoms. The van der Waals surface area contributed by atoms with E-state index in [1.165, 1.54) is 10.7 Å². The van der Waals surface area contributed by atoms with Crippen molar-refractivity contribution in [3.05, 3.63) is 39.1 Å². The monoisotopic (exact) mass is 377 g/mol. The van der Waals surface area contributed by atoms with Crippen LogP contribution in [0, 0.1) is 6.92 Å². The number of hydrogen-bond donors (Lipinski definition) is 1. The van der Waals surface area contributed by atoms with Crippen LogP contribution in [0.3, 0.4) is 0 Å². The molecule has 20 heavy (non-hydrogen) atoms. The van der Waals surface area contributed by atoms with E-state index in [-0.39, 0.29) is 10.6 Å². The van der Waals surface area contributed by atoms with Gasteiger partial charge in [-0.3, -0.25) is 4.68 Å². The predicted molar refractivity (Wildman–Crippen MR) is 82.4 cm³/mol. The van der Waals surface area contributed by atoms with Crippen molar-refractivity contribution in [1.82, 2.24) is 9.78 Å². The maximum Gasteiger partial charge on any atom is 0.183 e. The Morgan fingerprint density at radius 1 is 1.45 bits per heavy atom. The Kier molecular flexibility index (Phi) is 4.13. The summed E-state index contributed by atoms with van der Waals surface area (Å²) < 4.78 is 26.9. The lowest BCUT2D eigenvalue weighted by atomic mass is 10.3. The first-order valence-corrected chi connectivity index (χ1v) is 8.50. The quantitative estimate of drug-likeness (QED) is 0.833. The van der Waals surface area contributed by atoms with E-state index in [9.17, 15) is 8.42 Å². The lowest BCUT2D eigenvalue weighted by Gasteiger charge is -2.07. The third kappa shape index (κ3) is 2.84.